The number of para-hydroxylation sites is 1. The van der Waals surface area contributed by atoms with Gasteiger partial charge in [0.15, 0.2) is 18.1 Å². The van der Waals surface area contributed by atoms with E-state index in [1.807, 2.05) is 31.2 Å². The molecule has 1 amide bonds. The summed E-state index contributed by atoms with van der Waals surface area (Å²) in [5, 5.41) is 11.4. The average molecular weight is 341 g/mol. The van der Waals surface area contributed by atoms with Crippen LogP contribution in [0, 0.1) is 6.92 Å². The minimum atomic E-state index is -1.04. The highest BCUT2D eigenvalue weighted by Crippen LogP contribution is 2.28. The lowest BCUT2D eigenvalue weighted by Gasteiger charge is -2.12. The van der Waals surface area contributed by atoms with E-state index in [1.54, 1.807) is 18.2 Å². The number of carbonyl (C=O) groups is 2. The third-order valence-corrected chi connectivity index (χ3v) is 3.38. The fourth-order valence-electron chi connectivity index (χ4n) is 2.12. The predicted molar refractivity (Wildman–Crippen MR) is 95.0 cm³/mol. The van der Waals surface area contributed by atoms with Gasteiger partial charge in [0.2, 0.25) is 0 Å². The highest BCUT2D eigenvalue weighted by molar-refractivity contribution is 5.92. The van der Waals surface area contributed by atoms with Crippen LogP contribution < -0.4 is 14.8 Å². The molecule has 0 aromatic heterocycles. The third kappa shape index (κ3) is 5.39. The smallest absolute Gasteiger partial charge is 0.328 e. The molecule has 0 aliphatic carbocycles. The molecule has 2 aromatic rings. The van der Waals surface area contributed by atoms with Crippen molar-refractivity contribution in [2.45, 2.75) is 6.92 Å². The Morgan fingerprint density at radius 1 is 1.16 bits per heavy atom. The van der Waals surface area contributed by atoms with Gasteiger partial charge in [-0.2, -0.15) is 0 Å². The number of hydrogen-bond donors (Lipinski definition) is 2. The van der Waals surface area contributed by atoms with Crippen molar-refractivity contribution >= 4 is 23.6 Å². The minimum Gasteiger partial charge on any atom is -0.493 e. The van der Waals surface area contributed by atoms with E-state index < -0.39 is 5.97 Å². The van der Waals surface area contributed by atoms with Crippen LogP contribution in [0.15, 0.2) is 48.5 Å². The second-order valence-electron chi connectivity index (χ2n) is 5.23. The molecule has 0 atom stereocenters. The molecule has 0 spiro atoms. The number of benzene rings is 2. The summed E-state index contributed by atoms with van der Waals surface area (Å²) in [4.78, 5) is 22.6. The molecule has 6 heteroatoms. The van der Waals surface area contributed by atoms with Crippen molar-refractivity contribution in [3.05, 3.63) is 59.7 Å². The van der Waals surface area contributed by atoms with Crippen molar-refractivity contribution in [3.8, 4) is 11.5 Å². The molecule has 6 nitrogen and oxygen atoms in total. The zero-order valence-electron chi connectivity index (χ0n) is 14.0. The summed E-state index contributed by atoms with van der Waals surface area (Å²) in [5.74, 6) is -0.510. The monoisotopic (exact) mass is 341 g/mol. The van der Waals surface area contributed by atoms with Crippen LogP contribution in [0.3, 0.4) is 0 Å². The van der Waals surface area contributed by atoms with E-state index in [0.29, 0.717) is 17.1 Å². The zero-order chi connectivity index (χ0) is 18.2. The van der Waals surface area contributed by atoms with Crippen molar-refractivity contribution in [3.63, 3.8) is 0 Å². The van der Waals surface area contributed by atoms with Crippen LogP contribution in [0.5, 0.6) is 11.5 Å². The lowest BCUT2D eigenvalue weighted by atomic mass is 10.2. The number of aryl methyl sites for hydroxylation is 1. The fourth-order valence-corrected chi connectivity index (χ4v) is 2.12. The maximum absolute atomic E-state index is 12.0. The molecule has 0 bridgehead atoms. The summed E-state index contributed by atoms with van der Waals surface area (Å²) in [7, 11) is 1.47. The molecular weight excluding hydrogens is 322 g/mol. The van der Waals surface area contributed by atoms with Gasteiger partial charge < -0.3 is 19.9 Å². The van der Waals surface area contributed by atoms with E-state index in [9.17, 15) is 9.59 Å². The zero-order valence-corrected chi connectivity index (χ0v) is 14.0. The van der Waals surface area contributed by atoms with E-state index in [4.69, 9.17) is 14.6 Å². The maximum atomic E-state index is 12.0. The summed E-state index contributed by atoms with van der Waals surface area (Å²) in [5.41, 5.74) is 2.34. The predicted octanol–water partition coefficient (Wildman–Crippen LogP) is 3.12. The Kier molecular flexibility index (Phi) is 6.17. The molecule has 0 aliphatic rings. The van der Waals surface area contributed by atoms with Crippen LogP contribution in [-0.2, 0) is 9.59 Å². The summed E-state index contributed by atoms with van der Waals surface area (Å²) in [6.45, 7) is 1.73. The summed E-state index contributed by atoms with van der Waals surface area (Å²) < 4.78 is 10.7. The number of rotatable bonds is 7. The average Bonchev–Trinajstić information content (AvgIpc) is 2.60. The van der Waals surface area contributed by atoms with Crippen molar-refractivity contribution in [2.75, 3.05) is 19.0 Å². The quantitative estimate of drug-likeness (QED) is 0.756. The number of ether oxygens (including phenoxy) is 2. The Balaban J connectivity index is 2.01. The van der Waals surface area contributed by atoms with E-state index in [1.165, 1.54) is 13.2 Å². The molecule has 0 radical (unpaired) electrons. The molecule has 130 valence electrons. The fraction of sp³-hybridized carbons (Fsp3) is 0.158. The molecule has 2 aromatic carbocycles. The second-order valence-corrected chi connectivity index (χ2v) is 5.23. The van der Waals surface area contributed by atoms with Crippen LogP contribution in [0.1, 0.15) is 11.1 Å². The van der Waals surface area contributed by atoms with Crippen molar-refractivity contribution < 1.29 is 24.2 Å². The van der Waals surface area contributed by atoms with Gasteiger partial charge in [-0.25, -0.2) is 4.79 Å². The second kappa shape index (κ2) is 8.54. The molecule has 0 unspecified atom stereocenters. The molecule has 0 fully saturated rings. The largest absolute Gasteiger partial charge is 0.493 e. The third-order valence-electron chi connectivity index (χ3n) is 3.38. The normalized spacial score (nSPS) is 10.5. The number of carboxylic acid groups (broad SMARTS) is 1. The van der Waals surface area contributed by atoms with Gasteiger partial charge in [0.1, 0.15) is 0 Å². The molecule has 25 heavy (non-hydrogen) atoms. The standard InChI is InChI=1S/C19H19NO5/c1-13-5-3-4-6-15(13)20-18(21)12-25-16-9-7-14(8-10-19(22)23)11-17(16)24-2/h3-11H,12H2,1-2H3,(H,20,21)(H,22,23)/b10-8+. The van der Waals surface area contributed by atoms with E-state index in [2.05, 4.69) is 5.32 Å². The highest BCUT2D eigenvalue weighted by atomic mass is 16.5. The number of anilines is 1. The Hall–Kier alpha value is -3.28. The molecule has 2 N–H and O–H groups in total. The lowest BCUT2D eigenvalue weighted by molar-refractivity contribution is -0.131. The van der Waals surface area contributed by atoms with E-state index in [-0.39, 0.29) is 12.5 Å². The van der Waals surface area contributed by atoms with Crippen molar-refractivity contribution in [1.29, 1.82) is 0 Å². The Bertz CT molecular complexity index is 798. The van der Waals surface area contributed by atoms with Gasteiger partial charge in [0, 0.05) is 11.8 Å². The van der Waals surface area contributed by atoms with Crippen molar-refractivity contribution in [1.82, 2.24) is 0 Å². The highest BCUT2D eigenvalue weighted by Gasteiger charge is 2.09. The number of amides is 1. The topological polar surface area (TPSA) is 84.9 Å². The van der Waals surface area contributed by atoms with Crippen LogP contribution in [0.2, 0.25) is 0 Å². The number of hydrogen-bond acceptors (Lipinski definition) is 4. The Morgan fingerprint density at radius 2 is 1.92 bits per heavy atom. The molecule has 0 saturated heterocycles. The van der Waals surface area contributed by atoms with Crippen LogP contribution in [-0.4, -0.2) is 30.7 Å². The van der Waals surface area contributed by atoms with Crippen LogP contribution in [0.25, 0.3) is 6.08 Å². The molecule has 2 rings (SSSR count). The molecule has 0 saturated carbocycles. The number of carbonyl (C=O) groups excluding carboxylic acids is 1. The van der Waals surface area contributed by atoms with Crippen LogP contribution in [0.4, 0.5) is 5.69 Å². The van der Waals surface area contributed by atoms with Gasteiger partial charge >= 0.3 is 5.97 Å². The van der Waals surface area contributed by atoms with E-state index in [0.717, 1.165) is 17.3 Å². The van der Waals surface area contributed by atoms with E-state index >= 15 is 0 Å². The number of aliphatic carboxylic acids is 1. The van der Waals surface area contributed by atoms with Gasteiger partial charge in [-0.15, -0.1) is 0 Å². The van der Waals surface area contributed by atoms with Crippen molar-refractivity contribution in [2.24, 2.45) is 0 Å². The first-order valence-electron chi connectivity index (χ1n) is 7.57. The first-order valence-corrected chi connectivity index (χ1v) is 7.57. The summed E-state index contributed by atoms with van der Waals surface area (Å²) >= 11 is 0. The number of carboxylic acids is 1. The summed E-state index contributed by atoms with van der Waals surface area (Å²) in [6, 6.07) is 12.4. The maximum Gasteiger partial charge on any atom is 0.328 e. The number of methoxy groups -OCH3 is 1. The molecule has 0 heterocycles. The first-order chi connectivity index (χ1) is 12.0. The first kappa shape index (κ1) is 18.1. The summed E-state index contributed by atoms with van der Waals surface area (Å²) in [6.07, 6.45) is 2.48. The number of nitrogens with one attached hydrogen (secondary N) is 1. The molecular formula is C19H19NO5. The lowest BCUT2D eigenvalue weighted by Crippen LogP contribution is -2.20. The van der Waals surface area contributed by atoms with Gasteiger partial charge in [0.25, 0.3) is 5.91 Å². The van der Waals surface area contributed by atoms with Gasteiger partial charge in [-0.1, -0.05) is 24.3 Å². The van der Waals surface area contributed by atoms with Gasteiger partial charge in [-0.3, -0.25) is 4.79 Å². The Morgan fingerprint density at radius 3 is 2.60 bits per heavy atom. The Labute approximate surface area is 145 Å². The molecule has 0 aliphatic heterocycles. The SMILES string of the molecule is COc1cc(/C=C/C(=O)O)ccc1OCC(=O)Nc1ccccc1C. The van der Waals surface area contributed by atoms with Crippen LogP contribution >= 0.6 is 0 Å². The minimum absolute atomic E-state index is 0.172. The van der Waals surface area contributed by atoms with Gasteiger partial charge in [-0.05, 0) is 42.3 Å². The van der Waals surface area contributed by atoms with Gasteiger partial charge in [0.05, 0.1) is 7.11 Å².